The normalized spacial score (nSPS) is 28.0. The van der Waals surface area contributed by atoms with Crippen molar-refractivity contribution in [3.63, 3.8) is 0 Å². The van der Waals surface area contributed by atoms with Crippen LogP contribution in [0.25, 0.3) is 0 Å². The molecule has 1 saturated heterocycles. The van der Waals surface area contributed by atoms with Gasteiger partial charge in [-0.3, -0.25) is 10.1 Å². The van der Waals surface area contributed by atoms with Gasteiger partial charge in [0, 0.05) is 13.0 Å². The molecule has 4 atom stereocenters. The van der Waals surface area contributed by atoms with Crippen molar-refractivity contribution in [3.8, 4) is 0 Å². The molecule has 0 radical (unpaired) electrons. The first-order chi connectivity index (χ1) is 11.1. The number of ether oxygens (including phenoxy) is 2. The molecule has 5 heteroatoms. The standard InChI is InChI=1S/C18H35NO4/c1-4-5-6-7-8-9-10-11-15-17(19-12-16(20)21)18(22-3)14(2)13-23-15/h14-15,17-19H,4-13H2,1-3H3,(H,20,21)/t14-,15-,17+,18+/m0/s1. The van der Waals surface area contributed by atoms with Crippen LogP contribution in [0, 0.1) is 5.92 Å². The molecule has 0 amide bonds. The molecule has 1 heterocycles. The highest BCUT2D eigenvalue weighted by Gasteiger charge is 2.38. The Morgan fingerprint density at radius 3 is 2.48 bits per heavy atom. The summed E-state index contributed by atoms with van der Waals surface area (Å²) < 4.78 is 11.6. The number of unbranched alkanes of at least 4 members (excludes halogenated alkanes) is 6. The molecular formula is C18H35NO4. The summed E-state index contributed by atoms with van der Waals surface area (Å²) in [6.07, 6.45) is 9.94. The summed E-state index contributed by atoms with van der Waals surface area (Å²) in [5.41, 5.74) is 0. The molecule has 5 nitrogen and oxygen atoms in total. The van der Waals surface area contributed by atoms with E-state index in [1.54, 1.807) is 7.11 Å². The van der Waals surface area contributed by atoms with Crippen molar-refractivity contribution in [2.75, 3.05) is 20.3 Å². The zero-order valence-electron chi connectivity index (χ0n) is 15.1. The maximum atomic E-state index is 10.9. The van der Waals surface area contributed by atoms with Gasteiger partial charge in [0.05, 0.1) is 31.4 Å². The van der Waals surface area contributed by atoms with E-state index < -0.39 is 5.97 Å². The van der Waals surface area contributed by atoms with E-state index in [1.807, 2.05) is 0 Å². The van der Waals surface area contributed by atoms with Gasteiger partial charge < -0.3 is 14.6 Å². The monoisotopic (exact) mass is 329 g/mol. The molecule has 1 aliphatic heterocycles. The highest BCUT2D eigenvalue weighted by atomic mass is 16.5. The number of carboxylic acids is 1. The molecule has 0 aliphatic carbocycles. The van der Waals surface area contributed by atoms with E-state index in [1.165, 1.54) is 38.5 Å². The first kappa shape index (κ1) is 20.4. The molecule has 0 aromatic heterocycles. The summed E-state index contributed by atoms with van der Waals surface area (Å²) in [4.78, 5) is 10.9. The fraction of sp³-hybridized carbons (Fsp3) is 0.944. The van der Waals surface area contributed by atoms with E-state index in [9.17, 15) is 4.79 Å². The lowest BCUT2D eigenvalue weighted by atomic mass is 9.88. The number of hydrogen-bond acceptors (Lipinski definition) is 4. The van der Waals surface area contributed by atoms with Crippen molar-refractivity contribution >= 4 is 5.97 Å². The molecule has 0 saturated carbocycles. The number of methoxy groups -OCH3 is 1. The van der Waals surface area contributed by atoms with Crippen LogP contribution in [0.4, 0.5) is 0 Å². The Morgan fingerprint density at radius 2 is 1.87 bits per heavy atom. The van der Waals surface area contributed by atoms with Gasteiger partial charge >= 0.3 is 5.97 Å². The molecule has 1 rings (SSSR count). The average molecular weight is 329 g/mol. The molecule has 0 aromatic carbocycles. The smallest absolute Gasteiger partial charge is 0.317 e. The zero-order valence-corrected chi connectivity index (χ0v) is 15.1. The Balaban J connectivity index is 2.38. The van der Waals surface area contributed by atoms with E-state index in [4.69, 9.17) is 14.6 Å². The minimum absolute atomic E-state index is 0.0117. The molecule has 1 fully saturated rings. The summed E-state index contributed by atoms with van der Waals surface area (Å²) in [7, 11) is 1.70. The van der Waals surface area contributed by atoms with Crippen LogP contribution >= 0.6 is 0 Å². The summed E-state index contributed by atoms with van der Waals surface area (Å²) in [5, 5.41) is 12.0. The first-order valence-electron chi connectivity index (χ1n) is 9.19. The van der Waals surface area contributed by atoms with E-state index in [0.717, 1.165) is 12.8 Å². The van der Waals surface area contributed by atoms with Gasteiger partial charge in [0.25, 0.3) is 0 Å². The van der Waals surface area contributed by atoms with Crippen molar-refractivity contribution in [3.05, 3.63) is 0 Å². The predicted molar refractivity (Wildman–Crippen MR) is 91.7 cm³/mol. The van der Waals surface area contributed by atoms with E-state index in [0.29, 0.717) is 6.61 Å². The lowest BCUT2D eigenvalue weighted by Gasteiger charge is -2.41. The van der Waals surface area contributed by atoms with Gasteiger partial charge in [-0.25, -0.2) is 0 Å². The maximum Gasteiger partial charge on any atom is 0.317 e. The lowest BCUT2D eigenvalue weighted by Crippen LogP contribution is -2.58. The summed E-state index contributed by atoms with van der Waals surface area (Å²) in [5.74, 6) is -0.565. The van der Waals surface area contributed by atoms with Crippen LogP contribution in [0.5, 0.6) is 0 Å². The molecule has 0 bridgehead atoms. The molecule has 0 unspecified atom stereocenters. The maximum absolute atomic E-state index is 10.9. The van der Waals surface area contributed by atoms with Crippen LogP contribution < -0.4 is 5.32 Å². The third-order valence-corrected chi connectivity index (χ3v) is 4.74. The Morgan fingerprint density at radius 1 is 1.22 bits per heavy atom. The summed E-state index contributed by atoms with van der Waals surface area (Å²) in [6, 6.07) is -0.0417. The van der Waals surface area contributed by atoms with Crippen LogP contribution in [-0.4, -0.2) is 49.6 Å². The van der Waals surface area contributed by atoms with Crippen molar-refractivity contribution < 1.29 is 19.4 Å². The number of rotatable bonds is 12. The third kappa shape index (κ3) is 7.64. The quantitative estimate of drug-likeness (QED) is 0.538. The number of hydrogen-bond donors (Lipinski definition) is 2. The predicted octanol–water partition coefficient (Wildman–Crippen LogP) is 3.22. The van der Waals surface area contributed by atoms with E-state index in [-0.39, 0.29) is 30.7 Å². The first-order valence-corrected chi connectivity index (χ1v) is 9.19. The Hall–Kier alpha value is -0.650. The van der Waals surface area contributed by atoms with Crippen molar-refractivity contribution in [2.45, 2.75) is 83.5 Å². The van der Waals surface area contributed by atoms with Gasteiger partial charge in [0.1, 0.15) is 0 Å². The minimum atomic E-state index is -0.840. The topological polar surface area (TPSA) is 67.8 Å². The summed E-state index contributed by atoms with van der Waals surface area (Å²) >= 11 is 0. The molecule has 0 spiro atoms. The van der Waals surface area contributed by atoms with E-state index in [2.05, 4.69) is 19.2 Å². The Bertz CT molecular complexity index is 324. The van der Waals surface area contributed by atoms with E-state index >= 15 is 0 Å². The Labute approximate surface area is 141 Å². The van der Waals surface area contributed by atoms with Gasteiger partial charge in [-0.15, -0.1) is 0 Å². The van der Waals surface area contributed by atoms with Crippen LogP contribution in [0.2, 0.25) is 0 Å². The number of carbonyl (C=O) groups is 1. The average Bonchev–Trinajstić information content (AvgIpc) is 2.53. The molecule has 23 heavy (non-hydrogen) atoms. The molecule has 0 aromatic rings. The second-order valence-corrected chi connectivity index (χ2v) is 6.76. The summed E-state index contributed by atoms with van der Waals surface area (Å²) in [6.45, 7) is 4.96. The van der Waals surface area contributed by atoms with Gasteiger partial charge in [-0.05, 0) is 6.42 Å². The largest absolute Gasteiger partial charge is 0.480 e. The molecule has 136 valence electrons. The number of nitrogens with one attached hydrogen (secondary N) is 1. The van der Waals surface area contributed by atoms with Crippen LogP contribution in [-0.2, 0) is 14.3 Å². The van der Waals surface area contributed by atoms with Crippen molar-refractivity contribution in [1.82, 2.24) is 5.32 Å². The SMILES string of the molecule is CCCCCCCCC[C@@H]1OC[C@H](C)[C@@H](OC)[C@@H]1NCC(=O)O. The third-order valence-electron chi connectivity index (χ3n) is 4.74. The van der Waals surface area contributed by atoms with Crippen molar-refractivity contribution in [2.24, 2.45) is 5.92 Å². The lowest BCUT2D eigenvalue weighted by molar-refractivity contribution is -0.139. The highest BCUT2D eigenvalue weighted by molar-refractivity contribution is 5.69. The number of aliphatic carboxylic acids is 1. The van der Waals surface area contributed by atoms with Gasteiger partial charge in [-0.1, -0.05) is 58.8 Å². The second kappa shape index (κ2) is 11.8. The van der Waals surface area contributed by atoms with Crippen molar-refractivity contribution in [1.29, 1.82) is 0 Å². The molecule has 2 N–H and O–H groups in total. The molecular weight excluding hydrogens is 294 g/mol. The Kier molecular flexibility index (Phi) is 10.5. The fourth-order valence-electron chi connectivity index (χ4n) is 3.44. The second-order valence-electron chi connectivity index (χ2n) is 6.76. The zero-order chi connectivity index (χ0) is 17.1. The fourth-order valence-corrected chi connectivity index (χ4v) is 3.44. The van der Waals surface area contributed by atoms with Gasteiger partial charge in [0.2, 0.25) is 0 Å². The highest BCUT2D eigenvalue weighted by Crippen LogP contribution is 2.26. The molecule has 1 aliphatic rings. The van der Waals surface area contributed by atoms with Crippen LogP contribution in [0.3, 0.4) is 0 Å². The van der Waals surface area contributed by atoms with Gasteiger partial charge in [-0.2, -0.15) is 0 Å². The number of carboxylic acid groups (broad SMARTS) is 1. The van der Waals surface area contributed by atoms with Crippen LogP contribution in [0.1, 0.15) is 65.2 Å². The minimum Gasteiger partial charge on any atom is -0.480 e. The van der Waals surface area contributed by atoms with Crippen LogP contribution in [0.15, 0.2) is 0 Å². The van der Waals surface area contributed by atoms with Gasteiger partial charge in [0.15, 0.2) is 0 Å².